The Labute approximate surface area is 135 Å². The van der Waals surface area contributed by atoms with Crippen LogP contribution in [-0.4, -0.2) is 18.1 Å². The first-order chi connectivity index (χ1) is 11.3. The van der Waals surface area contributed by atoms with E-state index in [0.717, 1.165) is 46.6 Å². The Balaban J connectivity index is 1.66. The molecule has 4 heterocycles. The summed E-state index contributed by atoms with van der Waals surface area (Å²) in [6.45, 7) is 2.89. The largest absolute Gasteiger partial charge is 0.488 e. The summed E-state index contributed by atoms with van der Waals surface area (Å²) in [7, 11) is 2.03. The number of benzene rings is 1. The maximum Gasteiger partial charge on any atom is 0.177 e. The maximum absolute atomic E-state index is 6.02. The lowest BCUT2D eigenvalue weighted by Gasteiger charge is -2.34. The Bertz CT molecular complexity index is 931. The summed E-state index contributed by atoms with van der Waals surface area (Å²) in [6.07, 6.45) is 5.42. The fourth-order valence-electron chi connectivity index (χ4n) is 3.37. The van der Waals surface area contributed by atoms with Crippen molar-refractivity contribution in [3.05, 3.63) is 48.3 Å². The molecule has 1 fully saturated rings. The van der Waals surface area contributed by atoms with Crippen molar-refractivity contribution >= 4 is 16.6 Å². The van der Waals surface area contributed by atoms with Gasteiger partial charge in [-0.15, -0.1) is 0 Å². The number of fused-ring (bicyclic) bond motifs is 4. The Hall–Kier alpha value is -2.62. The Morgan fingerprint density at radius 2 is 2.09 bits per heavy atom. The molecule has 2 aliphatic heterocycles. The van der Waals surface area contributed by atoms with Crippen molar-refractivity contribution in [1.29, 1.82) is 0 Å². The van der Waals surface area contributed by atoms with E-state index < -0.39 is 0 Å². The van der Waals surface area contributed by atoms with E-state index in [1.165, 1.54) is 12.1 Å². The fourth-order valence-corrected chi connectivity index (χ4v) is 3.37. The second kappa shape index (κ2) is 4.69. The quantitative estimate of drug-likeness (QED) is 0.647. The van der Waals surface area contributed by atoms with Gasteiger partial charge in [-0.3, -0.25) is 0 Å². The standard InChI is InChI=1S/C19H18N3O/c1-21-8-5-17-13(11-21)9-14-12-23-18-10-15(22-6-2-7-22)3-4-16(18)19(14)20-17/h3-5,8-11H,2,6-7,12H2,1H3/q+1. The van der Waals surface area contributed by atoms with Crippen molar-refractivity contribution in [3.63, 3.8) is 0 Å². The molecule has 23 heavy (non-hydrogen) atoms. The fraction of sp³-hybridized carbons (Fsp3) is 0.263. The van der Waals surface area contributed by atoms with E-state index >= 15 is 0 Å². The van der Waals surface area contributed by atoms with Gasteiger partial charge in [0.2, 0.25) is 0 Å². The second-order valence-corrected chi connectivity index (χ2v) is 6.39. The number of hydrogen-bond acceptors (Lipinski definition) is 3. The van der Waals surface area contributed by atoms with Gasteiger partial charge in [0.1, 0.15) is 19.4 Å². The topological polar surface area (TPSA) is 29.2 Å². The highest BCUT2D eigenvalue weighted by Gasteiger charge is 2.22. The van der Waals surface area contributed by atoms with E-state index in [1.54, 1.807) is 0 Å². The van der Waals surface area contributed by atoms with E-state index in [9.17, 15) is 0 Å². The van der Waals surface area contributed by atoms with Gasteiger partial charge in [0.05, 0.1) is 16.6 Å². The molecule has 0 atom stereocenters. The molecule has 4 nitrogen and oxygen atoms in total. The molecule has 4 heteroatoms. The molecule has 0 N–H and O–H groups in total. The SMILES string of the molecule is C[n+]1ccc2nc3c(cc2c1)COc1cc(N2CCC2)ccc1-3. The van der Waals surface area contributed by atoms with Gasteiger partial charge in [-0.1, -0.05) is 0 Å². The number of nitrogens with zero attached hydrogens (tertiary/aromatic N) is 3. The van der Waals surface area contributed by atoms with Crippen molar-refractivity contribution in [3.8, 4) is 17.0 Å². The van der Waals surface area contributed by atoms with E-state index in [1.807, 2.05) is 17.8 Å². The molecular formula is C19H18N3O+. The minimum Gasteiger partial charge on any atom is -0.488 e. The van der Waals surface area contributed by atoms with Crippen LogP contribution in [0.15, 0.2) is 42.7 Å². The average Bonchev–Trinajstić information content (AvgIpc) is 2.51. The zero-order chi connectivity index (χ0) is 15.4. The summed E-state index contributed by atoms with van der Waals surface area (Å²) in [4.78, 5) is 7.28. The molecule has 0 radical (unpaired) electrons. The number of pyridine rings is 2. The monoisotopic (exact) mass is 304 g/mol. The summed E-state index contributed by atoms with van der Waals surface area (Å²) in [5.41, 5.74) is 5.61. The van der Waals surface area contributed by atoms with Gasteiger partial charge in [0.25, 0.3) is 0 Å². The molecule has 2 aromatic heterocycles. The van der Waals surface area contributed by atoms with Gasteiger partial charge < -0.3 is 9.64 Å². The first kappa shape index (κ1) is 12.9. The number of hydrogen-bond donors (Lipinski definition) is 0. The van der Waals surface area contributed by atoms with Crippen LogP contribution in [0, 0.1) is 0 Å². The summed E-state index contributed by atoms with van der Waals surface area (Å²) in [6, 6.07) is 10.8. The van der Waals surface area contributed by atoms with Crippen LogP contribution in [0.5, 0.6) is 5.75 Å². The van der Waals surface area contributed by atoms with Gasteiger partial charge >= 0.3 is 0 Å². The van der Waals surface area contributed by atoms with Crippen LogP contribution in [0.2, 0.25) is 0 Å². The van der Waals surface area contributed by atoms with Gasteiger partial charge in [-0.2, -0.15) is 0 Å². The lowest BCUT2D eigenvalue weighted by molar-refractivity contribution is -0.670. The lowest BCUT2D eigenvalue weighted by Crippen LogP contribution is -2.36. The number of aryl methyl sites for hydroxylation is 1. The molecule has 0 aliphatic carbocycles. The molecule has 114 valence electrons. The molecule has 0 saturated carbocycles. The van der Waals surface area contributed by atoms with Crippen LogP contribution in [0.4, 0.5) is 5.69 Å². The molecule has 0 bridgehead atoms. The third-order valence-electron chi connectivity index (χ3n) is 4.80. The Morgan fingerprint density at radius 3 is 2.91 bits per heavy atom. The predicted molar refractivity (Wildman–Crippen MR) is 89.5 cm³/mol. The summed E-state index contributed by atoms with van der Waals surface area (Å²) >= 11 is 0. The molecule has 3 aromatic rings. The van der Waals surface area contributed by atoms with Crippen LogP contribution in [0.25, 0.3) is 22.2 Å². The first-order valence-electron chi connectivity index (χ1n) is 8.09. The highest BCUT2D eigenvalue weighted by molar-refractivity contribution is 5.84. The van der Waals surface area contributed by atoms with Gasteiger partial charge in [-0.25, -0.2) is 9.55 Å². The molecule has 1 saturated heterocycles. The molecule has 2 aliphatic rings. The van der Waals surface area contributed by atoms with Crippen molar-refractivity contribution in [1.82, 2.24) is 4.98 Å². The van der Waals surface area contributed by atoms with Crippen molar-refractivity contribution in [2.75, 3.05) is 18.0 Å². The predicted octanol–water partition coefficient (Wildman–Crippen LogP) is 2.83. The Morgan fingerprint density at radius 1 is 1.17 bits per heavy atom. The molecule has 0 amide bonds. The maximum atomic E-state index is 6.02. The van der Waals surface area contributed by atoms with E-state index in [-0.39, 0.29) is 0 Å². The third-order valence-corrected chi connectivity index (χ3v) is 4.80. The number of ether oxygens (including phenoxy) is 1. The minimum absolute atomic E-state index is 0.591. The highest BCUT2D eigenvalue weighted by Crippen LogP contribution is 2.40. The molecule has 5 rings (SSSR count). The van der Waals surface area contributed by atoms with Crippen LogP contribution < -0.4 is 14.2 Å². The Kier molecular flexibility index (Phi) is 2.62. The van der Waals surface area contributed by atoms with Crippen LogP contribution in [0.1, 0.15) is 12.0 Å². The van der Waals surface area contributed by atoms with Crippen LogP contribution >= 0.6 is 0 Å². The van der Waals surface area contributed by atoms with Crippen molar-refractivity contribution in [2.45, 2.75) is 13.0 Å². The van der Waals surface area contributed by atoms with Crippen molar-refractivity contribution < 1.29 is 9.30 Å². The normalized spacial score (nSPS) is 15.6. The van der Waals surface area contributed by atoms with Crippen molar-refractivity contribution in [2.24, 2.45) is 7.05 Å². The number of anilines is 1. The van der Waals surface area contributed by atoms with Gasteiger partial charge in [0, 0.05) is 42.0 Å². The number of rotatable bonds is 1. The smallest absolute Gasteiger partial charge is 0.177 e. The van der Waals surface area contributed by atoms with E-state index in [2.05, 4.69) is 41.4 Å². The van der Waals surface area contributed by atoms with Crippen LogP contribution in [-0.2, 0) is 13.7 Å². The highest BCUT2D eigenvalue weighted by atomic mass is 16.5. The van der Waals surface area contributed by atoms with E-state index in [0.29, 0.717) is 6.61 Å². The zero-order valence-electron chi connectivity index (χ0n) is 13.1. The number of aromatic nitrogens is 2. The third kappa shape index (κ3) is 1.98. The molecule has 0 spiro atoms. The average molecular weight is 304 g/mol. The summed E-state index contributed by atoms with van der Waals surface area (Å²) in [5.74, 6) is 0.954. The minimum atomic E-state index is 0.591. The van der Waals surface area contributed by atoms with E-state index in [4.69, 9.17) is 9.72 Å². The summed E-state index contributed by atoms with van der Waals surface area (Å²) < 4.78 is 8.06. The lowest BCUT2D eigenvalue weighted by atomic mass is 10.00. The van der Waals surface area contributed by atoms with Gasteiger partial charge in [-0.05, 0) is 24.6 Å². The first-order valence-corrected chi connectivity index (χ1v) is 8.09. The second-order valence-electron chi connectivity index (χ2n) is 6.39. The summed E-state index contributed by atoms with van der Waals surface area (Å²) in [5, 5.41) is 1.15. The molecular weight excluding hydrogens is 286 g/mol. The zero-order valence-corrected chi connectivity index (χ0v) is 13.1. The van der Waals surface area contributed by atoms with Crippen LogP contribution in [0.3, 0.4) is 0 Å². The van der Waals surface area contributed by atoms with Gasteiger partial charge in [0.15, 0.2) is 12.4 Å². The molecule has 1 aromatic carbocycles. The molecule has 0 unspecified atom stereocenters.